The lowest BCUT2D eigenvalue weighted by Gasteiger charge is -2.10. The van der Waals surface area contributed by atoms with Crippen molar-refractivity contribution in [3.8, 4) is 11.1 Å². The first kappa shape index (κ1) is 18.4. The summed E-state index contributed by atoms with van der Waals surface area (Å²) in [5, 5.41) is 11.6. The molecule has 0 aliphatic carbocycles. The molecule has 3 rings (SSSR count). The summed E-state index contributed by atoms with van der Waals surface area (Å²) in [7, 11) is 0. The van der Waals surface area contributed by atoms with Crippen molar-refractivity contribution in [3.63, 3.8) is 0 Å². The maximum absolute atomic E-state index is 12.6. The van der Waals surface area contributed by atoms with E-state index in [2.05, 4.69) is 5.32 Å². The zero-order valence-corrected chi connectivity index (χ0v) is 15.1. The van der Waals surface area contributed by atoms with Crippen LogP contribution in [0.3, 0.4) is 0 Å². The Morgan fingerprint density at radius 2 is 1.56 bits per heavy atom. The van der Waals surface area contributed by atoms with Crippen molar-refractivity contribution in [1.29, 1.82) is 0 Å². The van der Waals surface area contributed by atoms with E-state index in [0.717, 1.165) is 22.3 Å². The predicted octanol–water partition coefficient (Wildman–Crippen LogP) is 4.34. The van der Waals surface area contributed by atoms with Gasteiger partial charge in [0.1, 0.15) is 0 Å². The highest BCUT2D eigenvalue weighted by atomic mass is 16.5. The smallest absolute Gasteiger partial charge is 0.274 e. The minimum atomic E-state index is -0.559. The van der Waals surface area contributed by atoms with E-state index >= 15 is 0 Å². The van der Waals surface area contributed by atoms with Gasteiger partial charge in [-0.05, 0) is 60.9 Å². The summed E-state index contributed by atoms with van der Waals surface area (Å²) in [5.41, 5.74) is 7.07. The highest BCUT2D eigenvalue weighted by molar-refractivity contribution is 6.05. The lowest BCUT2D eigenvalue weighted by molar-refractivity contribution is 0.0706. The van der Waals surface area contributed by atoms with Crippen LogP contribution in [-0.4, -0.2) is 17.0 Å². The number of amides is 2. The molecule has 3 aromatic carbocycles. The predicted molar refractivity (Wildman–Crippen MR) is 105 cm³/mol. The van der Waals surface area contributed by atoms with E-state index in [-0.39, 0.29) is 5.91 Å². The highest BCUT2D eigenvalue weighted by Crippen LogP contribution is 2.24. The number of hydrogen-bond acceptors (Lipinski definition) is 3. The monoisotopic (exact) mass is 360 g/mol. The molecule has 0 saturated heterocycles. The van der Waals surface area contributed by atoms with Crippen LogP contribution >= 0.6 is 0 Å². The van der Waals surface area contributed by atoms with Gasteiger partial charge in [-0.3, -0.25) is 14.8 Å². The molecule has 0 radical (unpaired) electrons. The topological polar surface area (TPSA) is 78.4 Å². The van der Waals surface area contributed by atoms with Gasteiger partial charge in [0.2, 0.25) is 0 Å². The Bertz CT molecular complexity index is 995. The minimum Gasteiger partial charge on any atom is -0.322 e. The second-order valence-electron chi connectivity index (χ2n) is 6.37. The first-order valence-corrected chi connectivity index (χ1v) is 8.51. The van der Waals surface area contributed by atoms with E-state index in [9.17, 15) is 9.59 Å². The lowest BCUT2D eigenvalue weighted by Crippen LogP contribution is -2.18. The van der Waals surface area contributed by atoms with Crippen LogP contribution in [0.15, 0.2) is 66.7 Å². The maximum Gasteiger partial charge on any atom is 0.274 e. The third-order valence-electron chi connectivity index (χ3n) is 4.34. The number of carbonyl (C=O) groups is 2. The molecule has 0 fully saturated rings. The number of aryl methyl sites for hydroxylation is 2. The van der Waals surface area contributed by atoms with Gasteiger partial charge in [-0.25, -0.2) is 5.48 Å². The highest BCUT2D eigenvalue weighted by Gasteiger charge is 2.10. The van der Waals surface area contributed by atoms with Gasteiger partial charge in [0.05, 0.1) is 0 Å². The third-order valence-corrected chi connectivity index (χ3v) is 4.34. The number of carbonyl (C=O) groups excluding carboxylic acids is 2. The van der Waals surface area contributed by atoms with Gasteiger partial charge >= 0.3 is 0 Å². The Labute approximate surface area is 157 Å². The fraction of sp³-hybridized carbons (Fsp3) is 0.0909. The molecule has 0 aromatic heterocycles. The number of benzene rings is 3. The molecule has 0 aliphatic rings. The number of rotatable bonds is 4. The molecule has 0 unspecified atom stereocenters. The van der Waals surface area contributed by atoms with E-state index in [1.807, 2.05) is 56.3 Å². The molecular weight excluding hydrogens is 340 g/mol. The van der Waals surface area contributed by atoms with Gasteiger partial charge in [-0.15, -0.1) is 0 Å². The summed E-state index contributed by atoms with van der Waals surface area (Å²) in [4.78, 5) is 24.0. The van der Waals surface area contributed by atoms with E-state index in [1.54, 1.807) is 29.7 Å². The molecule has 0 heterocycles. The van der Waals surface area contributed by atoms with Gasteiger partial charge in [0, 0.05) is 16.8 Å². The second kappa shape index (κ2) is 7.85. The molecule has 5 heteroatoms. The molecular formula is C22H20N2O3. The number of hydroxylamine groups is 1. The summed E-state index contributed by atoms with van der Waals surface area (Å²) in [6.07, 6.45) is 0. The number of hydrogen-bond donors (Lipinski definition) is 3. The van der Waals surface area contributed by atoms with Gasteiger partial charge < -0.3 is 5.32 Å². The Kier molecular flexibility index (Phi) is 5.33. The largest absolute Gasteiger partial charge is 0.322 e. The standard InChI is InChI=1S/C22H20N2O3/c1-14-6-7-15(2)20(12-14)22(26)23-19-5-3-4-18(13-19)16-8-10-17(11-9-16)21(25)24-27/h3-13,27H,1-2H3,(H,23,26)(H,24,25). The zero-order valence-electron chi connectivity index (χ0n) is 15.1. The first-order valence-electron chi connectivity index (χ1n) is 8.51. The van der Waals surface area contributed by atoms with Crippen molar-refractivity contribution in [1.82, 2.24) is 5.48 Å². The minimum absolute atomic E-state index is 0.150. The average molecular weight is 360 g/mol. The summed E-state index contributed by atoms with van der Waals surface area (Å²) < 4.78 is 0. The lowest BCUT2D eigenvalue weighted by atomic mass is 10.0. The molecule has 0 spiro atoms. The van der Waals surface area contributed by atoms with Gasteiger partial charge in [0.25, 0.3) is 11.8 Å². The van der Waals surface area contributed by atoms with Crippen LogP contribution in [0.25, 0.3) is 11.1 Å². The molecule has 0 bridgehead atoms. The van der Waals surface area contributed by atoms with Crippen molar-refractivity contribution >= 4 is 17.5 Å². The molecule has 3 N–H and O–H groups in total. The van der Waals surface area contributed by atoms with Gasteiger partial charge in [0.15, 0.2) is 0 Å². The fourth-order valence-electron chi connectivity index (χ4n) is 2.83. The average Bonchev–Trinajstić information content (AvgIpc) is 2.69. The van der Waals surface area contributed by atoms with Crippen LogP contribution in [0.1, 0.15) is 31.8 Å². The molecule has 136 valence electrons. The zero-order chi connectivity index (χ0) is 19.4. The summed E-state index contributed by atoms with van der Waals surface area (Å²) in [6, 6.07) is 20.1. The Hall–Kier alpha value is -3.44. The fourth-order valence-corrected chi connectivity index (χ4v) is 2.83. The van der Waals surface area contributed by atoms with Crippen LogP contribution in [0.2, 0.25) is 0 Å². The van der Waals surface area contributed by atoms with E-state index in [4.69, 9.17) is 5.21 Å². The Balaban J connectivity index is 1.82. The van der Waals surface area contributed by atoms with Crippen molar-refractivity contribution in [2.75, 3.05) is 5.32 Å². The van der Waals surface area contributed by atoms with Crippen molar-refractivity contribution in [2.24, 2.45) is 0 Å². The van der Waals surface area contributed by atoms with Crippen molar-refractivity contribution in [2.45, 2.75) is 13.8 Å². The molecule has 3 aromatic rings. The van der Waals surface area contributed by atoms with Crippen LogP contribution in [0.5, 0.6) is 0 Å². The molecule has 0 atom stereocenters. The van der Waals surface area contributed by atoms with Crippen LogP contribution < -0.4 is 10.8 Å². The van der Waals surface area contributed by atoms with Crippen molar-refractivity contribution < 1.29 is 14.8 Å². The summed E-state index contributed by atoms with van der Waals surface area (Å²) in [5.74, 6) is -0.709. The molecule has 0 saturated carbocycles. The van der Waals surface area contributed by atoms with Gasteiger partial charge in [-0.2, -0.15) is 0 Å². The SMILES string of the molecule is Cc1ccc(C)c(C(=O)Nc2cccc(-c3ccc(C(=O)NO)cc3)c2)c1. The Morgan fingerprint density at radius 1 is 0.815 bits per heavy atom. The summed E-state index contributed by atoms with van der Waals surface area (Å²) in [6.45, 7) is 3.87. The first-order chi connectivity index (χ1) is 13.0. The van der Waals surface area contributed by atoms with E-state index in [1.165, 1.54) is 0 Å². The number of nitrogens with one attached hydrogen (secondary N) is 2. The molecule has 5 nitrogen and oxygen atoms in total. The van der Waals surface area contributed by atoms with Gasteiger partial charge in [-0.1, -0.05) is 42.0 Å². The number of anilines is 1. The van der Waals surface area contributed by atoms with Crippen molar-refractivity contribution in [3.05, 3.63) is 89.0 Å². The normalized spacial score (nSPS) is 10.3. The maximum atomic E-state index is 12.6. The van der Waals surface area contributed by atoms with E-state index < -0.39 is 5.91 Å². The van der Waals surface area contributed by atoms with Crippen LogP contribution in [-0.2, 0) is 0 Å². The summed E-state index contributed by atoms with van der Waals surface area (Å²) >= 11 is 0. The quantitative estimate of drug-likeness (QED) is 0.478. The Morgan fingerprint density at radius 3 is 2.26 bits per heavy atom. The second-order valence-corrected chi connectivity index (χ2v) is 6.37. The van der Waals surface area contributed by atoms with Crippen LogP contribution in [0, 0.1) is 13.8 Å². The van der Waals surface area contributed by atoms with E-state index in [0.29, 0.717) is 16.8 Å². The van der Waals surface area contributed by atoms with Crippen LogP contribution in [0.4, 0.5) is 5.69 Å². The molecule has 0 aliphatic heterocycles. The molecule has 27 heavy (non-hydrogen) atoms. The molecule has 2 amide bonds. The third kappa shape index (κ3) is 4.22.